The Balaban J connectivity index is 1.97. The molecule has 0 aromatic heterocycles. The number of ketones is 1. The lowest BCUT2D eigenvalue weighted by Gasteiger charge is -2.23. The number of carbonyl (C=O) groups excluding carboxylic acids is 1. The summed E-state index contributed by atoms with van der Waals surface area (Å²) in [5.74, 6) is 0.303. The van der Waals surface area contributed by atoms with Crippen molar-refractivity contribution < 1.29 is 4.79 Å². The predicted molar refractivity (Wildman–Crippen MR) is 72.9 cm³/mol. The summed E-state index contributed by atoms with van der Waals surface area (Å²) in [6.07, 6.45) is 3.08. The zero-order valence-corrected chi connectivity index (χ0v) is 11.7. The van der Waals surface area contributed by atoms with Crippen molar-refractivity contribution in [2.24, 2.45) is 0 Å². The first-order chi connectivity index (χ1) is 8.15. The molecule has 2 rings (SSSR count). The van der Waals surface area contributed by atoms with Crippen molar-refractivity contribution in [3.63, 3.8) is 0 Å². The Morgan fingerprint density at radius 1 is 1.41 bits per heavy atom. The third kappa shape index (κ3) is 3.65. The summed E-state index contributed by atoms with van der Waals surface area (Å²) in [5.41, 5.74) is 1.32. The van der Waals surface area contributed by atoms with E-state index in [1.165, 1.54) is 12.0 Å². The number of rotatable bonds is 4. The first-order valence-electron chi connectivity index (χ1n) is 6.13. The highest BCUT2D eigenvalue weighted by molar-refractivity contribution is 9.10. The number of carbonyl (C=O) groups is 1. The van der Waals surface area contributed by atoms with Gasteiger partial charge in [0.25, 0.3) is 0 Å². The van der Waals surface area contributed by atoms with E-state index in [1.54, 1.807) is 6.92 Å². The summed E-state index contributed by atoms with van der Waals surface area (Å²) in [6, 6.07) is 8.90. The Hall–Kier alpha value is -0.670. The molecule has 1 aromatic rings. The van der Waals surface area contributed by atoms with Gasteiger partial charge in [0.05, 0.1) is 0 Å². The summed E-state index contributed by atoms with van der Waals surface area (Å²) in [5, 5.41) is 0. The quantitative estimate of drug-likeness (QED) is 0.849. The van der Waals surface area contributed by atoms with Crippen LogP contribution in [0.4, 0.5) is 0 Å². The van der Waals surface area contributed by atoms with Gasteiger partial charge in [-0.1, -0.05) is 28.1 Å². The fraction of sp³-hybridized carbons (Fsp3) is 0.500. The molecule has 0 spiro atoms. The van der Waals surface area contributed by atoms with Gasteiger partial charge < -0.3 is 0 Å². The van der Waals surface area contributed by atoms with Crippen LogP contribution in [0.15, 0.2) is 28.7 Å². The topological polar surface area (TPSA) is 20.3 Å². The van der Waals surface area contributed by atoms with Gasteiger partial charge in [0.15, 0.2) is 0 Å². The van der Waals surface area contributed by atoms with E-state index in [1.807, 2.05) is 0 Å². The Morgan fingerprint density at radius 2 is 2.12 bits per heavy atom. The lowest BCUT2D eigenvalue weighted by molar-refractivity contribution is -0.118. The molecule has 0 radical (unpaired) electrons. The number of likely N-dealkylation sites (tertiary alicyclic amines) is 1. The van der Waals surface area contributed by atoms with Crippen molar-refractivity contribution in [2.45, 2.75) is 38.8 Å². The Labute approximate surface area is 111 Å². The molecule has 1 heterocycles. The smallest absolute Gasteiger partial charge is 0.131 e. The molecule has 2 nitrogen and oxygen atoms in total. The molecular formula is C14H18BrNO. The van der Waals surface area contributed by atoms with Crippen LogP contribution in [0.3, 0.4) is 0 Å². The molecule has 92 valence electrons. The maximum absolute atomic E-state index is 11.2. The summed E-state index contributed by atoms with van der Waals surface area (Å²) >= 11 is 3.44. The maximum Gasteiger partial charge on any atom is 0.131 e. The SMILES string of the molecule is CC(=O)CC1CCCN1Cc1ccc(Br)cc1. The summed E-state index contributed by atoms with van der Waals surface area (Å²) in [6.45, 7) is 3.77. The fourth-order valence-electron chi connectivity index (χ4n) is 2.49. The standard InChI is InChI=1S/C14H18BrNO/c1-11(17)9-14-3-2-8-16(14)10-12-4-6-13(15)7-5-12/h4-7,14H,2-3,8-10H2,1H3. The number of nitrogens with zero attached hydrogens (tertiary/aromatic N) is 1. The number of Topliss-reactive ketones (excluding diaryl/α,β-unsaturated/α-hetero) is 1. The highest BCUT2D eigenvalue weighted by atomic mass is 79.9. The molecule has 0 aliphatic carbocycles. The van der Waals surface area contributed by atoms with Gasteiger partial charge in [0, 0.05) is 23.5 Å². The van der Waals surface area contributed by atoms with Crippen molar-refractivity contribution in [1.82, 2.24) is 4.90 Å². The molecule has 1 saturated heterocycles. The minimum atomic E-state index is 0.303. The van der Waals surface area contributed by atoms with Gasteiger partial charge in [-0.3, -0.25) is 9.69 Å². The van der Waals surface area contributed by atoms with E-state index in [-0.39, 0.29) is 0 Å². The zero-order chi connectivity index (χ0) is 12.3. The van der Waals surface area contributed by atoms with Crippen molar-refractivity contribution in [3.05, 3.63) is 34.3 Å². The molecule has 1 fully saturated rings. The van der Waals surface area contributed by atoms with Gasteiger partial charge in [-0.2, -0.15) is 0 Å². The summed E-state index contributed by atoms with van der Waals surface area (Å²) < 4.78 is 1.11. The van der Waals surface area contributed by atoms with E-state index in [0.717, 1.165) is 24.0 Å². The second kappa shape index (κ2) is 5.78. The van der Waals surface area contributed by atoms with Crippen molar-refractivity contribution >= 4 is 21.7 Å². The lowest BCUT2D eigenvalue weighted by atomic mass is 10.1. The van der Waals surface area contributed by atoms with E-state index < -0.39 is 0 Å². The minimum absolute atomic E-state index is 0.303. The fourth-order valence-corrected chi connectivity index (χ4v) is 2.75. The third-order valence-electron chi connectivity index (χ3n) is 3.32. The zero-order valence-electron chi connectivity index (χ0n) is 10.2. The minimum Gasteiger partial charge on any atom is -0.300 e. The molecule has 0 saturated carbocycles. The highest BCUT2D eigenvalue weighted by Crippen LogP contribution is 2.23. The third-order valence-corrected chi connectivity index (χ3v) is 3.85. The Kier molecular flexibility index (Phi) is 4.35. The number of hydrogen-bond donors (Lipinski definition) is 0. The van der Waals surface area contributed by atoms with E-state index in [9.17, 15) is 4.79 Å². The van der Waals surface area contributed by atoms with E-state index >= 15 is 0 Å². The van der Waals surface area contributed by atoms with Gasteiger partial charge in [-0.05, 0) is 44.0 Å². The highest BCUT2D eigenvalue weighted by Gasteiger charge is 2.25. The van der Waals surface area contributed by atoms with Crippen LogP contribution in [-0.2, 0) is 11.3 Å². The number of halogens is 1. The van der Waals surface area contributed by atoms with Crippen LogP contribution >= 0.6 is 15.9 Å². The summed E-state index contributed by atoms with van der Waals surface area (Å²) in [7, 11) is 0. The van der Waals surface area contributed by atoms with Crippen LogP contribution in [0.2, 0.25) is 0 Å². The molecule has 0 amide bonds. The average Bonchev–Trinajstić information content (AvgIpc) is 2.68. The van der Waals surface area contributed by atoms with Crippen LogP contribution in [0.25, 0.3) is 0 Å². The molecule has 1 aromatic carbocycles. The van der Waals surface area contributed by atoms with E-state index in [2.05, 4.69) is 45.1 Å². The van der Waals surface area contributed by atoms with Crippen molar-refractivity contribution in [3.8, 4) is 0 Å². The average molecular weight is 296 g/mol. The van der Waals surface area contributed by atoms with Gasteiger partial charge in [0.1, 0.15) is 5.78 Å². The summed E-state index contributed by atoms with van der Waals surface area (Å²) in [4.78, 5) is 13.6. The largest absolute Gasteiger partial charge is 0.300 e. The predicted octanol–water partition coefficient (Wildman–Crippen LogP) is 3.39. The van der Waals surface area contributed by atoms with Crippen molar-refractivity contribution in [2.75, 3.05) is 6.54 Å². The second-order valence-electron chi connectivity index (χ2n) is 4.80. The van der Waals surface area contributed by atoms with E-state index in [0.29, 0.717) is 18.2 Å². The lowest BCUT2D eigenvalue weighted by Crippen LogP contribution is -2.30. The Morgan fingerprint density at radius 3 is 2.76 bits per heavy atom. The van der Waals surface area contributed by atoms with Crippen LogP contribution in [0.1, 0.15) is 31.7 Å². The second-order valence-corrected chi connectivity index (χ2v) is 5.71. The van der Waals surface area contributed by atoms with E-state index in [4.69, 9.17) is 0 Å². The van der Waals surface area contributed by atoms with Gasteiger partial charge in [-0.25, -0.2) is 0 Å². The molecule has 0 bridgehead atoms. The number of hydrogen-bond acceptors (Lipinski definition) is 2. The Bertz CT molecular complexity index is 388. The molecule has 1 aliphatic rings. The normalized spacial score (nSPS) is 20.7. The van der Waals surface area contributed by atoms with Crippen LogP contribution in [0, 0.1) is 0 Å². The van der Waals surface area contributed by atoms with Gasteiger partial charge in [0.2, 0.25) is 0 Å². The molecule has 1 aliphatic heterocycles. The van der Waals surface area contributed by atoms with Crippen LogP contribution in [0.5, 0.6) is 0 Å². The van der Waals surface area contributed by atoms with Gasteiger partial charge >= 0.3 is 0 Å². The molecule has 0 N–H and O–H groups in total. The maximum atomic E-state index is 11.2. The van der Waals surface area contributed by atoms with Crippen molar-refractivity contribution in [1.29, 1.82) is 0 Å². The molecular weight excluding hydrogens is 278 g/mol. The molecule has 1 unspecified atom stereocenters. The van der Waals surface area contributed by atoms with Crippen LogP contribution in [-0.4, -0.2) is 23.3 Å². The monoisotopic (exact) mass is 295 g/mol. The molecule has 17 heavy (non-hydrogen) atoms. The molecule has 1 atom stereocenters. The number of benzene rings is 1. The van der Waals surface area contributed by atoms with Crippen LogP contribution < -0.4 is 0 Å². The molecule has 3 heteroatoms. The van der Waals surface area contributed by atoms with Gasteiger partial charge in [-0.15, -0.1) is 0 Å². The first kappa shape index (κ1) is 12.8. The first-order valence-corrected chi connectivity index (χ1v) is 6.92.